The molecule has 31 heavy (non-hydrogen) atoms. The standard InChI is InChI=1S/C23H29ClN2O4S/c1-17-3-4-18(2)22(15-17)30-14-11-25-23(27)20-9-12-26(13-10-20)31(28,29)16-19-5-7-21(24)8-6-19/h3-8,15,20H,9-14,16H2,1-2H3,(H,25,27). The van der Waals surface area contributed by atoms with E-state index in [0.29, 0.717) is 49.7 Å². The van der Waals surface area contributed by atoms with Gasteiger partial charge in [-0.1, -0.05) is 35.9 Å². The third kappa shape index (κ3) is 6.69. The van der Waals surface area contributed by atoms with E-state index in [1.165, 1.54) is 4.31 Å². The molecular formula is C23H29ClN2O4S. The number of piperidine rings is 1. The molecule has 8 heteroatoms. The van der Waals surface area contributed by atoms with Crippen LogP contribution < -0.4 is 10.1 Å². The van der Waals surface area contributed by atoms with Crippen molar-refractivity contribution in [3.63, 3.8) is 0 Å². The van der Waals surface area contributed by atoms with Crippen LogP contribution in [0.3, 0.4) is 0 Å². The topological polar surface area (TPSA) is 75.7 Å². The third-order valence-electron chi connectivity index (χ3n) is 5.48. The maximum atomic E-state index is 12.7. The smallest absolute Gasteiger partial charge is 0.223 e. The van der Waals surface area contributed by atoms with Gasteiger partial charge >= 0.3 is 0 Å². The molecule has 0 atom stereocenters. The number of nitrogens with one attached hydrogen (secondary N) is 1. The number of hydrogen-bond donors (Lipinski definition) is 1. The number of benzene rings is 2. The van der Waals surface area contributed by atoms with Gasteiger partial charge in [0, 0.05) is 24.0 Å². The number of aryl methyl sites for hydroxylation is 2. The van der Waals surface area contributed by atoms with Crippen molar-refractivity contribution >= 4 is 27.5 Å². The zero-order valence-corrected chi connectivity index (χ0v) is 19.5. The van der Waals surface area contributed by atoms with E-state index in [1.54, 1.807) is 24.3 Å². The van der Waals surface area contributed by atoms with Gasteiger partial charge in [-0.15, -0.1) is 0 Å². The molecule has 1 amide bonds. The van der Waals surface area contributed by atoms with Crippen molar-refractivity contribution in [1.29, 1.82) is 0 Å². The van der Waals surface area contributed by atoms with Crippen LogP contribution >= 0.6 is 11.6 Å². The molecule has 0 aromatic heterocycles. The quantitative estimate of drug-likeness (QED) is 0.604. The number of hydrogen-bond acceptors (Lipinski definition) is 4. The van der Waals surface area contributed by atoms with E-state index in [2.05, 4.69) is 5.32 Å². The summed E-state index contributed by atoms with van der Waals surface area (Å²) in [4.78, 5) is 12.5. The molecule has 1 N–H and O–H groups in total. The normalized spacial score (nSPS) is 15.6. The Labute approximate surface area is 189 Å². The fraction of sp³-hybridized carbons (Fsp3) is 0.435. The van der Waals surface area contributed by atoms with E-state index in [-0.39, 0.29) is 17.6 Å². The monoisotopic (exact) mass is 464 g/mol. The molecule has 1 saturated heterocycles. The molecule has 0 aliphatic carbocycles. The van der Waals surface area contributed by atoms with Gasteiger partial charge in [0.15, 0.2) is 0 Å². The Balaban J connectivity index is 1.41. The summed E-state index contributed by atoms with van der Waals surface area (Å²) in [5, 5.41) is 3.49. The van der Waals surface area contributed by atoms with Gasteiger partial charge in [-0.05, 0) is 61.6 Å². The SMILES string of the molecule is Cc1ccc(C)c(OCCNC(=O)C2CCN(S(=O)(=O)Cc3ccc(Cl)cc3)CC2)c1. The molecule has 3 rings (SSSR count). The van der Waals surface area contributed by atoms with E-state index in [0.717, 1.165) is 16.9 Å². The number of rotatable bonds is 8. The molecule has 0 saturated carbocycles. The van der Waals surface area contributed by atoms with Gasteiger partial charge < -0.3 is 10.1 Å². The molecule has 2 aromatic carbocycles. The largest absolute Gasteiger partial charge is 0.491 e. The summed E-state index contributed by atoms with van der Waals surface area (Å²) in [6, 6.07) is 12.8. The van der Waals surface area contributed by atoms with Gasteiger partial charge in [0.05, 0.1) is 12.3 Å². The molecule has 168 valence electrons. The molecule has 0 spiro atoms. The van der Waals surface area contributed by atoms with Gasteiger partial charge in [-0.25, -0.2) is 12.7 Å². The predicted octanol–water partition coefficient (Wildman–Crippen LogP) is 3.69. The lowest BCUT2D eigenvalue weighted by atomic mass is 9.97. The number of carbonyl (C=O) groups excluding carboxylic acids is 1. The van der Waals surface area contributed by atoms with E-state index < -0.39 is 10.0 Å². The highest BCUT2D eigenvalue weighted by atomic mass is 35.5. The summed E-state index contributed by atoms with van der Waals surface area (Å²) in [7, 11) is -3.42. The van der Waals surface area contributed by atoms with Crippen molar-refractivity contribution in [2.45, 2.75) is 32.4 Å². The second-order valence-electron chi connectivity index (χ2n) is 7.96. The van der Waals surface area contributed by atoms with Crippen LogP contribution in [0.5, 0.6) is 5.75 Å². The van der Waals surface area contributed by atoms with Crippen LogP contribution in [-0.2, 0) is 20.6 Å². The summed E-state index contributed by atoms with van der Waals surface area (Å²) in [6.45, 7) is 5.52. The maximum absolute atomic E-state index is 12.7. The highest BCUT2D eigenvalue weighted by Crippen LogP contribution is 2.23. The van der Waals surface area contributed by atoms with Crippen molar-refractivity contribution in [2.75, 3.05) is 26.2 Å². The van der Waals surface area contributed by atoms with Crippen LogP contribution in [0.2, 0.25) is 5.02 Å². The van der Waals surface area contributed by atoms with Gasteiger partial charge in [0.25, 0.3) is 0 Å². The van der Waals surface area contributed by atoms with Gasteiger partial charge in [-0.2, -0.15) is 0 Å². The minimum atomic E-state index is -3.42. The van der Waals surface area contributed by atoms with Crippen LogP contribution in [0.1, 0.15) is 29.5 Å². The van der Waals surface area contributed by atoms with Crippen molar-refractivity contribution in [3.8, 4) is 5.75 Å². The summed E-state index contributed by atoms with van der Waals surface area (Å²) in [6.07, 6.45) is 1.03. The summed E-state index contributed by atoms with van der Waals surface area (Å²) >= 11 is 5.86. The van der Waals surface area contributed by atoms with Crippen LogP contribution in [0, 0.1) is 19.8 Å². The third-order valence-corrected chi connectivity index (χ3v) is 7.58. The van der Waals surface area contributed by atoms with Crippen molar-refractivity contribution < 1.29 is 17.9 Å². The van der Waals surface area contributed by atoms with Crippen LogP contribution in [0.15, 0.2) is 42.5 Å². The van der Waals surface area contributed by atoms with E-state index >= 15 is 0 Å². The van der Waals surface area contributed by atoms with Gasteiger partial charge in [-0.3, -0.25) is 4.79 Å². The molecule has 1 heterocycles. The average molecular weight is 465 g/mol. The Morgan fingerprint density at radius 3 is 2.48 bits per heavy atom. The lowest BCUT2D eigenvalue weighted by Crippen LogP contribution is -2.43. The van der Waals surface area contributed by atoms with Crippen LogP contribution in [0.4, 0.5) is 0 Å². The molecule has 0 bridgehead atoms. The van der Waals surface area contributed by atoms with Crippen LogP contribution in [-0.4, -0.2) is 44.9 Å². The average Bonchev–Trinajstić information content (AvgIpc) is 2.75. The minimum Gasteiger partial charge on any atom is -0.491 e. The number of carbonyl (C=O) groups is 1. The highest BCUT2D eigenvalue weighted by Gasteiger charge is 2.31. The van der Waals surface area contributed by atoms with E-state index in [9.17, 15) is 13.2 Å². The number of sulfonamides is 1. The highest BCUT2D eigenvalue weighted by molar-refractivity contribution is 7.88. The molecule has 0 unspecified atom stereocenters. The Hall–Kier alpha value is -2.09. The summed E-state index contributed by atoms with van der Waals surface area (Å²) in [5.41, 5.74) is 2.89. The second-order valence-corrected chi connectivity index (χ2v) is 10.4. The van der Waals surface area contributed by atoms with E-state index in [1.807, 2.05) is 32.0 Å². The maximum Gasteiger partial charge on any atom is 0.223 e. The van der Waals surface area contributed by atoms with E-state index in [4.69, 9.17) is 16.3 Å². The fourth-order valence-electron chi connectivity index (χ4n) is 3.62. The predicted molar refractivity (Wildman–Crippen MR) is 123 cm³/mol. The molecule has 2 aromatic rings. The Morgan fingerprint density at radius 1 is 1.13 bits per heavy atom. The number of halogens is 1. The number of amides is 1. The second kappa shape index (κ2) is 10.5. The molecule has 1 aliphatic heterocycles. The van der Waals surface area contributed by atoms with Crippen molar-refractivity contribution in [3.05, 3.63) is 64.2 Å². The first kappa shape index (κ1) is 23.6. The van der Waals surface area contributed by atoms with Gasteiger partial charge in [0.1, 0.15) is 12.4 Å². The summed E-state index contributed by atoms with van der Waals surface area (Å²) < 4.78 is 32.6. The number of nitrogens with zero attached hydrogens (tertiary/aromatic N) is 1. The summed E-state index contributed by atoms with van der Waals surface area (Å²) in [5.74, 6) is 0.548. The van der Waals surface area contributed by atoms with Gasteiger partial charge in [0.2, 0.25) is 15.9 Å². The molecule has 6 nitrogen and oxygen atoms in total. The Morgan fingerprint density at radius 2 is 1.81 bits per heavy atom. The lowest BCUT2D eigenvalue weighted by Gasteiger charge is -2.30. The van der Waals surface area contributed by atoms with Crippen molar-refractivity contribution in [1.82, 2.24) is 9.62 Å². The lowest BCUT2D eigenvalue weighted by molar-refractivity contribution is -0.126. The molecule has 0 radical (unpaired) electrons. The first-order valence-electron chi connectivity index (χ1n) is 10.4. The molecule has 1 aliphatic rings. The van der Waals surface area contributed by atoms with Crippen LogP contribution in [0.25, 0.3) is 0 Å². The van der Waals surface area contributed by atoms with Crippen molar-refractivity contribution in [2.24, 2.45) is 5.92 Å². The Bertz CT molecular complexity index is 1000. The Kier molecular flexibility index (Phi) is 7.97. The fourth-order valence-corrected chi connectivity index (χ4v) is 5.31. The number of ether oxygens (including phenoxy) is 1. The molecule has 1 fully saturated rings. The first-order chi connectivity index (χ1) is 14.7. The first-order valence-corrected chi connectivity index (χ1v) is 12.4. The zero-order valence-electron chi connectivity index (χ0n) is 17.9. The zero-order chi connectivity index (χ0) is 22.4. The minimum absolute atomic E-state index is 0.0423. The molecular weight excluding hydrogens is 436 g/mol.